The molecule has 7 nitrogen and oxygen atoms in total. The summed E-state index contributed by atoms with van der Waals surface area (Å²) in [6.07, 6.45) is 0. The molecule has 4 aromatic rings. The average Bonchev–Trinajstić information content (AvgIpc) is 3.38. The summed E-state index contributed by atoms with van der Waals surface area (Å²) in [5, 5.41) is 10.4. The summed E-state index contributed by atoms with van der Waals surface area (Å²) in [7, 11) is 1.61. The van der Waals surface area contributed by atoms with Gasteiger partial charge >= 0.3 is 0 Å². The van der Waals surface area contributed by atoms with E-state index in [2.05, 4.69) is 15.4 Å². The van der Waals surface area contributed by atoms with Gasteiger partial charge in [-0.25, -0.2) is 4.98 Å². The predicted octanol–water partition coefficient (Wildman–Crippen LogP) is 4.34. The Labute approximate surface area is 159 Å². The van der Waals surface area contributed by atoms with Gasteiger partial charge in [0.1, 0.15) is 5.69 Å². The Morgan fingerprint density at radius 1 is 1.37 bits per heavy atom. The maximum absolute atomic E-state index is 12.4. The summed E-state index contributed by atoms with van der Waals surface area (Å²) in [6.45, 7) is 4.62. The first-order valence-electron chi connectivity index (χ1n) is 8.47. The number of ether oxygens (including phenoxy) is 1. The number of furan rings is 1. The van der Waals surface area contributed by atoms with Crippen molar-refractivity contribution in [2.75, 3.05) is 12.4 Å². The Morgan fingerprint density at radius 2 is 2.22 bits per heavy atom. The largest absolute Gasteiger partial charge is 0.493 e. The molecule has 138 valence electrons. The van der Waals surface area contributed by atoms with Crippen LogP contribution in [0, 0.1) is 6.92 Å². The number of benzene rings is 1. The average molecular weight is 382 g/mol. The molecule has 0 aliphatic rings. The second-order valence-corrected chi connectivity index (χ2v) is 6.83. The third-order valence-corrected chi connectivity index (χ3v) is 4.98. The van der Waals surface area contributed by atoms with E-state index in [-0.39, 0.29) is 5.91 Å². The van der Waals surface area contributed by atoms with Crippen LogP contribution in [0.4, 0.5) is 5.13 Å². The molecule has 0 spiro atoms. The fourth-order valence-corrected chi connectivity index (χ4v) is 3.56. The monoisotopic (exact) mass is 382 g/mol. The molecule has 0 saturated heterocycles. The minimum absolute atomic E-state index is 0.280. The quantitative estimate of drug-likeness (QED) is 0.555. The number of methoxy groups -OCH3 is 1. The van der Waals surface area contributed by atoms with Crippen molar-refractivity contribution < 1.29 is 13.9 Å². The number of aromatic nitrogens is 3. The fraction of sp³-hybridized carbons (Fsp3) is 0.211. The lowest BCUT2D eigenvalue weighted by molar-refractivity contribution is 0.102. The van der Waals surface area contributed by atoms with Gasteiger partial charge in [0.05, 0.1) is 7.11 Å². The van der Waals surface area contributed by atoms with Crippen molar-refractivity contribution in [2.45, 2.75) is 20.4 Å². The van der Waals surface area contributed by atoms with Crippen molar-refractivity contribution in [2.24, 2.45) is 0 Å². The van der Waals surface area contributed by atoms with E-state index < -0.39 is 0 Å². The Morgan fingerprint density at radius 3 is 2.96 bits per heavy atom. The van der Waals surface area contributed by atoms with Crippen LogP contribution >= 0.6 is 11.3 Å². The van der Waals surface area contributed by atoms with Gasteiger partial charge in [-0.3, -0.25) is 14.8 Å². The number of hydrogen-bond donors (Lipinski definition) is 1. The smallest absolute Gasteiger partial charge is 0.277 e. The van der Waals surface area contributed by atoms with Crippen LogP contribution in [0.2, 0.25) is 0 Å². The van der Waals surface area contributed by atoms with Crippen LogP contribution in [0.5, 0.6) is 5.75 Å². The Hall–Kier alpha value is -3.13. The van der Waals surface area contributed by atoms with Crippen LogP contribution in [0.3, 0.4) is 0 Å². The minimum Gasteiger partial charge on any atom is -0.493 e. The highest BCUT2D eigenvalue weighted by Gasteiger charge is 2.16. The van der Waals surface area contributed by atoms with Gasteiger partial charge in [0.25, 0.3) is 5.91 Å². The molecule has 1 aromatic carbocycles. The number of anilines is 1. The van der Waals surface area contributed by atoms with E-state index in [4.69, 9.17) is 9.15 Å². The summed E-state index contributed by atoms with van der Waals surface area (Å²) in [6, 6.07) is 9.38. The number of amides is 1. The summed E-state index contributed by atoms with van der Waals surface area (Å²) >= 11 is 1.34. The zero-order chi connectivity index (χ0) is 19.0. The van der Waals surface area contributed by atoms with Crippen LogP contribution in [-0.2, 0) is 6.54 Å². The van der Waals surface area contributed by atoms with E-state index in [0.717, 1.165) is 17.6 Å². The minimum atomic E-state index is -0.280. The molecule has 0 atom stereocenters. The topological polar surface area (TPSA) is 82.2 Å². The van der Waals surface area contributed by atoms with E-state index in [1.165, 1.54) is 11.3 Å². The molecule has 0 radical (unpaired) electrons. The molecule has 8 heteroatoms. The highest BCUT2D eigenvalue weighted by atomic mass is 32.1. The Balaban J connectivity index is 1.57. The van der Waals surface area contributed by atoms with Crippen molar-refractivity contribution in [3.63, 3.8) is 0 Å². The molecule has 0 saturated carbocycles. The van der Waals surface area contributed by atoms with Crippen molar-refractivity contribution >= 4 is 33.3 Å². The number of nitrogens with zero attached hydrogens (tertiary/aromatic N) is 3. The van der Waals surface area contributed by atoms with Gasteiger partial charge in [-0.2, -0.15) is 5.10 Å². The Bertz CT molecular complexity index is 1130. The number of rotatable bonds is 5. The highest BCUT2D eigenvalue weighted by Crippen LogP contribution is 2.34. The summed E-state index contributed by atoms with van der Waals surface area (Å²) in [4.78, 5) is 16.9. The van der Waals surface area contributed by atoms with E-state index in [1.54, 1.807) is 17.9 Å². The molecule has 0 unspecified atom stereocenters. The van der Waals surface area contributed by atoms with E-state index in [1.807, 2.05) is 43.5 Å². The molecule has 0 bridgehead atoms. The van der Waals surface area contributed by atoms with Crippen LogP contribution in [0.15, 0.2) is 40.1 Å². The molecule has 27 heavy (non-hydrogen) atoms. The first-order valence-corrected chi connectivity index (χ1v) is 9.35. The molecule has 0 aliphatic heterocycles. The normalized spacial score (nSPS) is 11.1. The first-order chi connectivity index (χ1) is 13.1. The van der Waals surface area contributed by atoms with Gasteiger partial charge in [0, 0.05) is 23.0 Å². The molecular formula is C19H18N4O3S. The zero-order valence-corrected chi connectivity index (χ0v) is 16.0. The molecular weight excluding hydrogens is 364 g/mol. The van der Waals surface area contributed by atoms with Crippen molar-refractivity contribution in [3.8, 4) is 17.2 Å². The SMILES string of the molecule is CCn1nc(C(=O)Nc2nc(-c3cc4cccc(OC)c4o3)cs2)cc1C. The molecule has 0 aliphatic carbocycles. The van der Waals surface area contributed by atoms with E-state index in [0.29, 0.717) is 33.6 Å². The molecule has 3 aromatic heterocycles. The number of thiazole rings is 1. The number of carbonyl (C=O) groups is 1. The molecule has 1 N–H and O–H groups in total. The second kappa shape index (κ2) is 6.88. The first kappa shape index (κ1) is 17.3. The highest BCUT2D eigenvalue weighted by molar-refractivity contribution is 7.14. The van der Waals surface area contributed by atoms with Crippen molar-refractivity contribution in [3.05, 3.63) is 47.1 Å². The number of fused-ring (bicyclic) bond motifs is 1. The van der Waals surface area contributed by atoms with Crippen molar-refractivity contribution in [1.82, 2.24) is 14.8 Å². The number of para-hydroxylation sites is 1. The number of hydrogen-bond acceptors (Lipinski definition) is 6. The van der Waals surface area contributed by atoms with Crippen LogP contribution in [-0.4, -0.2) is 27.8 Å². The van der Waals surface area contributed by atoms with Gasteiger partial charge in [-0.15, -0.1) is 11.3 Å². The number of carbonyl (C=O) groups excluding carboxylic acids is 1. The van der Waals surface area contributed by atoms with Gasteiger partial charge in [0.15, 0.2) is 27.9 Å². The fourth-order valence-electron chi connectivity index (χ4n) is 2.87. The third-order valence-electron chi connectivity index (χ3n) is 4.22. The zero-order valence-electron chi connectivity index (χ0n) is 15.1. The maximum atomic E-state index is 12.4. The van der Waals surface area contributed by atoms with E-state index >= 15 is 0 Å². The standard InChI is InChI=1S/C19H18N4O3S/c1-4-23-11(2)8-13(22-23)18(24)21-19-20-14(10-27-19)16-9-12-6-5-7-15(25-3)17(12)26-16/h5-10H,4H2,1-3H3,(H,20,21,24). The second-order valence-electron chi connectivity index (χ2n) is 5.97. The number of aryl methyl sites for hydroxylation is 2. The van der Waals surface area contributed by atoms with Crippen LogP contribution in [0.25, 0.3) is 22.4 Å². The molecule has 1 amide bonds. The van der Waals surface area contributed by atoms with Gasteiger partial charge in [0.2, 0.25) is 0 Å². The van der Waals surface area contributed by atoms with E-state index in [9.17, 15) is 4.79 Å². The lowest BCUT2D eigenvalue weighted by Crippen LogP contribution is -2.13. The lowest BCUT2D eigenvalue weighted by Gasteiger charge is -1.98. The van der Waals surface area contributed by atoms with Crippen LogP contribution in [0.1, 0.15) is 23.1 Å². The summed E-state index contributed by atoms with van der Waals surface area (Å²) < 4.78 is 13.0. The lowest BCUT2D eigenvalue weighted by atomic mass is 10.2. The Kier molecular flexibility index (Phi) is 4.41. The predicted molar refractivity (Wildman–Crippen MR) is 104 cm³/mol. The maximum Gasteiger partial charge on any atom is 0.277 e. The molecule has 3 heterocycles. The van der Waals surface area contributed by atoms with Crippen molar-refractivity contribution in [1.29, 1.82) is 0 Å². The third kappa shape index (κ3) is 3.19. The van der Waals surface area contributed by atoms with Gasteiger partial charge < -0.3 is 9.15 Å². The van der Waals surface area contributed by atoms with Crippen LogP contribution < -0.4 is 10.1 Å². The number of nitrogens with one attached hydrogen (secondary N) is 1. The molecule has 0 fully saturated rings. The van der Waals surface area contributed by atoms with Gasteiger partial charge in [-0.1, -0.05) is 12.1 Å². The summed E-state index contributed by atoms with van der Waals surface area (Å²) in [5.41, 5.74) is 2.65. The molecule has 4 rings (SSSR count). The summed E-state index contributed by atoms with van der Waals surface area (Å²) in [5.74, 6) is 1.01. The van der Waals surface area contributed by atoms with Gasteiger partial charge in [-0.05, 0) is 32.0 Å².